The summed E-state index contributed by atoms with van der Waals surface area (Å²) in [5, 5.41) is 14.6. The van der Waals surface area contributed by atoms with E-state index in [2.05, 4.69) is 5.32 Å². The lowest BCUT2D eigenvalue weighted by atomic mass is 9.94. The van der Waals surface area contributed by atoms with Gasteiger partial charge in [-0.15, -0.1) is 0 Å². The Hall–Kier alpha value is -3.02. The quantitative estimate of drug-likeness (QED) is 0.830. The molecule has 28 heavy (non-hydrogen) atoms. The minimum atomic E-state index is -1.16. The number of rotatable bonds is 6. The molecule has 0 saturated heterocycles. The van der Waals surface area contributed by atoms with Crippen LogP contribution in [0.3, 0.4) is 0 Å². The van der Waals surface area contributed by atoms with E-state index in [9.17, 15) is 14.7 Å². The Balaban J connectivity index is 1.73. The fourth-order valence-corrected chi connectivity index (χ4v) is 3.69. The highest BCUT2D eigenvalue weighted by Crippen LogP contribution is 2.23. The number of carboxylic acid groups (broad SMARTS) is 1. The first kappa shape index (κ1) is 19.7. The predicted octanol–water partition coefficient (Wildman–Crippen LogP) is 3.70. The lowest BCUT2D eigenvalue weighted by molar-refractivity contribution is -0.268. The Morgan fingerprint density at radius 1 is 0.893 bits per heavy atom. The Bertz CT molecular complexity index is 761. The third-order valence-corrected chi connectivity index (χ3v) is 5.15. The summed E-state index contributed by atoms with van der Waals surface area (Å²) in [7, 11) is 0. The number of nitrogens with one attached hydrogen (secondary N) is 1. The van der Waals surface area contributed by atoms with Gasteiger partial charge in [0, 0.05) is 30.5 Å². The second-order valence-corrected chi connectivity index (χ2v) is 7.03. The fourth-order valence-electron chi connectivity index (χ4n) is 3.69. The van der Waals surface area contributed by atoms with Crippen LogP contribution in [0.2, 0.25) is 0 Å². The van der Waals surface area contributed by atoms with Gasteiger partial charge in [-0.25, -0.2) is 4.79 Å². The van der Waals surface area contributed by atoms with Gasteiger partial charge in [0.1, 0.15) is 6.09 Å². The zero-order chi connectivity index (χ0) is 19.8. The third kappa shape index (κ3) is 5.25. The number of amides is 3. The summed E-state index contributed by atoms with van der Waals surface area (Å²) >= 11 is 0. The molecule has 0 aliphatic heterocycles. The van der Waals surface area contributed by atoms with Crippen LogP contribution in [0.15, 0.2) is 60.7 Å². The number of hydrogen-bond acceptors (Lipinski definition) is 3. The Kier molecular flexibility index (Phi) is 6.89. The van der Waals surface area contributed by atoms with Crippen molar-refractivity contribution in [2.75, 3.05) is 23.3 Å². The van der Waals surface area contributed by atoms with Crippen molar-refractivity contribution in [3.63, 3.8) is 0 Å². The second-order valence-electron chi connectivity index (χ2n) is 7.03. The van der Waals surface area contributed by atoms with E-state index >= 15 is 0 Å². The summed E-state index contributed by atoms with van der Waals surface area (Å²) < 4.78 is 0. The smallest absolute Gasteiger partial charge is 0.326 e. The SMILES string of the molecule is O=C(Nc1ccccc1)N(CCN(C(=O)[O-])C1CCCCC1)c1ccccc1. The number of carbonyl (C=O) groups excluding carboxylic acids is 2. The van der Waals surface area contributed by atoms with Gasteiger partial charge in [-0.3, -0.25) is 4.90 Å². The molecule has 0 aromatic heterocycles. The molecule has 1 saturated carbocycles. The first-order valence-electron chi connectivity index (χ1n) is 9.81. The van der Waals surface area contributed by atoms with Gasteiger partial charge in [0.15, 0.2) is 0 Å². The molecule has 0 radical (unpaired) electrons. The van der Waals surface area contributed by atoms with Gasteiger partial charge >= 0.3 is 6.03 Å². The molecule has 2 aromatic rings. The van der Waals surface area contributed by atoms with Crippen LogP contribution >= 0.6 is 0 Å². The molecule has 0 bridgehead atoms. The first-order valence-corrected chi connectivity index (χ1v) is 9.81. The van der Waals surface area contributed by atoms with Gasteiger partial charge in [-0.2, -0.15) is 0 Å². The topological polar surface area (TPSA) is 75.7 Å². The zero-order valence-corrected chi connectivity index (χ0v) is 15.9. The summed E-state index contributed by atoms with van der Waals surface area (Å²) in [4.78, 5) is 27.6. The van der Waals surface area contributed by atoms with Crippen LogP contribution in [0.1, 0.15) is 32.1 Å². The molecule has 1 fully saturated rings. The maximum Gasteiger partial charge on any atom is 0.326 e. The van der Waals surface area contributed by atoms with Crippen LogP contribution in [0, 0.1) is 0 Å². The Labute approximate surface area is 165 Å². The number of benzene rings is 2. The monoisotopic (exact) mass is 380 g/mol. The van der Waals surface area contributed by atoms with Crippen LogP contribution in [0.25, 0.3) is 0 Å². The molecule has 2 aromatic carbocycles. The average Bonchev–Trinajstić information content (AvgIpc) is 2.73. The highest BCUT2D eigenvalue weighted by molar-refractivity contribution is 6.01. The molecule has 1 aliphatic carbocycles. The normalized spacial score (nSPS) is 14.3. The molecule has 1 N–H and O–H groups in total. The van der Waals surface area contributed by atoms with E-state index in [1.807, 2.05) is 60.7 Å². The number of urea groups is 1. The maximum atomic E-state index is 12.9. The molecule has 0 atom stereocenters. The summed E-state index contributed by atoms with van der Waals surface area (Å²) in [6.07, 6.45) is 3.76. The van der Waals surface area contributed by atoms with Crippen LogP contribution in [0.5, 0.6) is 0 Å². The van der Waals surface area contributed by atoms with Crippen LogP contribution in [0.4, 0.5) is 21.0 Å². The number of para-hydroxylation sites is 2. The minimum absolute atomic E-state index is 0.0199. The van der Waals surface area contributed by atoms with Crippen molar-refractivity contribution in [2.24, 2.45) is 0 Å². The van der Waals surface area contributed by atoms with Crippen molar-refractivity contribution >= 4 is 23.5 Å². The standard InChI is InChI=1S/C22H27N3O3/c26-21(23-18-10-4-1-5-11-18)24(19-12-6-2-7-13-19)16-17-25(22(27)28)20-14-8-3-9-15-20/h1-2,4-7,10-13,20H,3,8-9,14-17H2,(H,23,26)(H,27,28)/p-1. The second kappa shape index (κ2) is 9.78. The molecule has 3 amide bonds. The number of carbonyl (C=O) groups is 2. The van der Waals surface area contributed by atoms with Crippen molar-refractivity contribution in [1.29, 1.82) is 0 Å². The highest BCUT2D eigenvalue weighted by Gasteiger charge is 2.23. The lowest BCUT2D eigenvalue weighted by Gasteiger charge is -2.37. The molecular weight excluding hydrogens is 354 g/mol. The first-order chi connectivity index (χ1) is 13.6. The predicted molar refractivity (Wildman–Crippen MR) is 108 cm³/mol. The van der Waals surface area contributed by atoms with Gasteiger partial charge in [-0.1, -0.05) is 55.7 Å². The van der Waals surface area contributed by atoms with E-state index in [1.54, 1.807) is 4.90 Å². The molecule has 6 nitrogen and oxygen atoms in total. The van der Waals surface area contributed by atoms with Gasteiger partial charge in [-0.05, 0) is 37.1 Å². The maximum absolute atomic E-state index is 12.9. The molecule has 3 rings (SSSR count). The van der Waals surface area contributed by atoms with Crippen molar-refractivity contribution in [1.82, 2.24) is 4.90 Å². The van der Waals surface area contributed by atoms with Crippen molar-refractivity contribution in [3.05, 3.63) is 60.7 Å². The van der Waals surface area contributed by atoms with Crippen molar-refractivity contribution in [2.45, 2.75) is 38.1 Å². The van der Waals surface area contributed by atoms with Crippen molar-refractivity contribution in [3.8, 4) is 0 Å². The largest absolute Gasteiger partial charge is 0.530 e. The van der Waals surface area contributed by atoms with Gasteiger partial charge in [0.2, 0.25) is 0 Å². The summed E-state index contributed by atoms with van der Waals surface area (Å²) in [5.41, 5.74) is 1.41. The number of anilines is 2. The fraction of sp³-hybridized carbons (Fsp3) is 0.364. The summed E-state index contributed by atoms with van der Waals surface area (Å²) in [5.74, 6) is 0. The molecule has 0 spiro atoms. The minimum Gasteiger partial charge on any atom is -0.530 e. The van der Waals surface area contributed by atoms with Gasteiger partial charge < -0.3 is 20.1 Å². The highest BCUT2D eigenvalue weighted by atomic mass is 16.4. The Morgan fingerprint density at radius 2 is 1.50 bits per heavy atom. The van der Waals surface area contributed by atoms with E-state index in [4.69, 9.17) is 0 Å². The summed E-state index contributed by atoms with van der Waals surface area (Å²) in [6.45, 7) is 0.483. The van der Waals surface area contributed by atoms with Crippen molar-refractivity contribution < 1.29 is 14.7 Å². The molecule has 0 unspecified atom stereocenters. The molecule has 0 heterocycles. The summed E-state index contributed by atoms with van der Waals surface area (Å²) in [6, 6.07) is 18.2. The van der Waals surface area contributed by atoms with E-state index in [1.165, 1.54) is 4.90 Å². The van der Waals surface area contributed by atoms with E-state index < -0.39 is 6.09 Å². The van der Waals surface area contributed by atoms with E-state index in [-0.39, 0.29) is 25.2 Å². The lowest BCUT2D eigenvalue weighted by Crippen LogP contribution is -2.51. The zero-order valence-electron chi connectivity index (χ0n) is 15.9. The van der Waals surface area contributed by atoms with Crippen LogP contribution in [-0.2, 0) is 0 Å². The Morgan fingerprint density at radius 3 is 2.11 bits per heavy atom. The average molecular weight is 380 g/mol. The van der Waals surface area contributed by atoms with E-state index in [0.717, 1.165) is 37.8 Å². The number of hydrogen-bond donors (Lipinski definition) is 1. The van der Waals surface area contributed by atoms with Gasteiger partial charge in [0.25, 0.3) is 0 Å². The third-order valence-electron chi connectivity index (χ3n) is 5.15. The van der Waals surface area contributed by atoms with E-state index in [0.29, 0.717) is 5.69 Å². The van der Waals surface area contributed by atoms with Crippen LogP contribution < -0.4 is 15.3 Å². The molecule has 148 valence electrons. The molecule has 6 heteroatoms. The molecular formula is C22H26N3O3-. The number of nitrogens with zero attached hydrogens (tertiary/aromatic N) is 2. The molecule has 1 aliphatic rings. The van der Waals surface area contributed by atoms with Gasteiger partial charge in [0.05, 0.1) is 0 Å². The van der Waals surface area contributed by atoms with Crippen LogP contribution in [-0.4, -0.2) is 36.2 Å².